The summed E-state index contributed by atoms with van der Waals surface area (Å²) in [4.78, 5) is 22.9. The second kappa shape index (κ2) is 5.97. The average Bonchev–Trinajstić information content (AvgIpc) is 2.46. The first-order valence-electron chi connectivity index (χ1n) is 6.55. The van der Waals surface area contributed by atoms with Crippen LogP contribution in [0.15, 0.2) is 6.20 Å². The Morgan fingerprint density at radius 1 is 1.42 bits per heavy atom. The van der Waals surface area contributed by atoms with E-state index in [1.807, 2.05) is 13.8 Å². The van der Waals surface area contributed by atoms with Crippen LogP contribution in [-0.2, 0) is 4.74 Å². The van der Waals surface area contributed by atoms with Crippen LogP contribution < -0.4 is 5.32 Å². The molecule has 19 heavy (non-hydrogen) atoms. The molecule has 2 heterocycles. The number of carbonyl (C=O) groups is 1. The van der Waals surface area contributed by atoms with Crippen molar-refractivity contribution in [2.24, 2.45) is 0 Å². The molecule has 0 saturated carbocycles. The second-order valence-electron chi connectivity index (χ2n) is 4.80. The van der Waals surface area contributed by atoms with E-state index in [4.69, 9.17) is 4.74 Å². The molecule has 6 heteroatoms. The van der Waals surface area contributed by atoms with Crippen LogP contribution in [0.25, 0.3) is 0 Å². The highest BCUT2D eigenvalue weighted by Gasteiger charge is 2.23. The van der Waals surface area contributed by atoms with Gasteiger partial charge in [0.1, 0.15) is 5.82 Å². The van der Waals surface area contributed by atoms with Crippen LogP contribution in [-0.4, -0.2) is 54.1 Å². The summed E-state index contributed by atoms with van der Waals surface area (Å²) in [5, 5.41) is 2.98. The third-order valence-electron chi connectivity index (χ3n) is 3.09. The summed E-state index contributed by atoms with van der Waals surface area (Å²) in [5.74, 6) is 0.828. The Morgan fingerprint density at radius 2 is 2.11 bits per heavy atom. The largest absolute Gasteiger partial charge is 0.385 e. The third kappa shape index (κ3) is 3.01. The van der Waals surface area contributed by atoms with Crippen molar-refractivity contribution < 1.29 is 9.53 Å². The van der Waals surface area contributed by atoms with Gasteiger partial charge in [-0.05, 0) is 0 Å². The summed E-state index contributed by atoms with van der Waals surface area (Å²) >= 11 is 0. The van der Waals surface area contributed by atoms with E-state index in [0.717, 1.165) is 0 Å². The van der Waals surface area contributed by atoms with E-state index in [1.54, 1.807) is 18.1 Å². The van der Waals surface area contributed by atoms with E-state index in [0.29, 0.717) is 43.5 Å². The highest BCUT2D eigenvalue weighted by Crippen LogP contribution is 2.18. The summed E-state index contributed by atoms with van der Waals surface area (Å²) in [6.07, 6.45) is 1.68. The van der Waals surface area contributed by atoms with Gasteiger partial charge in [0.05, 0.1) is 25.1 Å². The summed E-state index contributed by atoms with van der Waals surface area (Å²) in [7, 11) is 1.77. The molecule has 0 unspecified atom stereocenters. The molecule has 6 nitrogen and oxygen atoms in total. The zero-order valence-corrected chi connectivity index (χ0v) is 11.6. The first-order valence-corrected chi connectivity index (χ1v) is 6.55. The first-order chi connectivity index (χ1) is 9.13. The van der Waals surface area contributed by atoms with Crippen LogP contribution in [0.5, 0.6) is 0 Å². The summed E-state index contributed by atoms with van der Waals surface area (Å²) in [6.45, 7) is 6.42. The fourth-order valence-electron chi connectivity index (χ4n) is 1.94. The molecule has 2 rings (SSSR count). The highest BCUT2D eigenvalue weighted by molar-refractivity contribution is 5.97. The van der Waals surface area contributed by atoms with Crippen molar-refractivity contribution in [2.75, 3.05) is 38.7 Å². The molecule has 1 aromatic heterocycles. The van der Waals surface area contributed by atoms with Gasteiger partial charge in [-0.25, -0.2) is 9.97 Å². The van der Waals surface area contributed by atoms with E-state index < -0.39 is 0 Å². The number of aromatic nitrogens is 2. The summed E-state index contributed by atoms with van der Waals surface area (Å²) in [6, 6.07) is 0. The van der Waals surface area contributed by atoms with Gasteiger partial charge in [0.2, 0.25) is 0 Å². The average molecular weight is 264 g/mol. The van der Waals surface area contributed by atoms with Gasteiger partial charge in [0, 0.05) is 26.1 Å². The van der Waals surface area contributed by atoms with E-state index in [2.05, 4.69) is 15.3 Å². The molecule has 0 atom stereocenters. The molecule has 0 radical (unpaired) electrons. The van der Waals surface area contributed by atoms with Crippen LogP contribution in [0, 0.1) is 0 Å². The number of morpholine rings is 1. The Labute approximate surface area is 113 Å². The van der Waals surface area contributed by atoms with Crippen LogP contribution in [0.3, 0.4) is 0 Å². The standard InChI is InChI=1S/C13H20N4O2/c1-9(2)12-15-8-10(14-3)11(16-12)13(18)17-4-6-19-7-5-17/h8-9,14H,4-7H2,1-3H3. The fraction of sp³-hybridized carbons (Fsp3) is 0.615. The quantitative estimate of drug-likeness (QED) is 0.886. The Bertz CT molecular complexity index is 456. The van der Waals surface area contributed by atoms with Gasteiger partial charge in [0.15, 0.2) is 5.69 Å². The lowest BCUT2D eigenvalue weighted by molar-refractivity contribution is 0.0299. The molecule has 1 aromatic rings. The number of ether oxygens (including phenoxy) is 1. The fourth-order valence-corrected chi connectivity index (χ4v) is 1.94. The number of nitrogens with zero attached hydrogens (tertiary/aromatic N) is 3. The molecule has 1 fully saturated rings. The molecule has 1 aliphatic rings. The Balaban J connectivity index is 2.29. The lowest BCUT2D eigenvalue weighted by Crippen LogP contribution is -2.41. The molecule has 1 N–H and O–H groups in total. The SMILES string of the molecule is CNc1cnc(C(C)C)nc1C(=O)N1CCOCC1. The van der Waals surface area contributed by atoms with Crippen LogP contribution in [0.1, 0.15) is 36.1 Å². The van der Waals surface area contributed by atoms with Crippen LogP contribution in [0.2, 0.25) is 0 Å². The highest BCUT2D eigenvalue weighted by atomic mass is 16.5. The van der Waals surface area contributed by atoms with Gasteiger partial charge in [0.25, 0.3) is 5.91 Å². The molecule has 1 saturated heterocycles. The molecular formula is C13H20N4O2. The van der Waals surface area contributed by atoms with Crippen molar-refractivity contribution in [3.8, 4) is 0 Å². The van der Waals surface area contributed by atoms with Crippen molar-refractivity contribution in [3.63, 3.8) is 0 Å². The third-order valence-corrected chi connectivity index (χ3v) is 3.09. The number of rotatable bonds is 3. The number of amides is 1. The normalized spacial score (nSPS) is 15.7. The van der Waals surface area contributed by atoms with Gasteiger partial charge in [-0.15, -0.1) is 0 Å². The molecule has 0 aromatic carbocycles. The van der Waals surface area contributed by atoms with Crippen molar-refractivity contribution in [1.82, 2.24) is 14.9 Å². The smallest absolute Gasteiger partial charge is 0.274 e. The van der Waals surface area contributed by atoms with Gasteiger partial charge >= 0.3 is 0 Å². The Hall–Kier alpha value is -1.69. The molecular weight excluding hydrogens is 244 g/mol. The molecule has 1 amide bonds. The number of hydrogen-bond acceptors (Lipinski definition) is 5. The maximum Gasteiger partial charge on any atom is 0.274 e. The minimum atomic E-state index is -0.0584. The van der Waals surface area contributed by atoms with Gasteiger partial charge in [-0.1, -0.05) is 13.8 Å². The number of anilines is 1. The van der Waals surface area contributed by atoms with Crippen LogP contribution >= 0.6 is 0 Å². The summed E-state index contributed by atoms with van der Waals surface area (Å²) < 4.78 is 5.26. The minimum Gasteiger partial charge on any atom is -0.385 e. The van der Waals surface area contributed by atoms with Gasteiger partial charge in [-0.2, -0.15) is 0 Å². The number of hydrogen-bond donors (Lipinski definition) is 1. The van der Waals surface area contributed by atoms with E-state index in [9.17, 15) is 4.79 Å². The van der Waals surface area contributed by atoms with Crippen LogP contribution in [0.4, 0.5) is 5.69 Å². The monoisotopic (exact) mass is 264 g/mol. The summed E-state index contributed by atoms with van der Waals surface area (Å²) in [5.41, 5.74) is 1.11. The minimum absolute atomic E-state index is 0.0584. The molecule has 0 spiro atoms. The number of carbonyl (C=O) groups excluding carboxylic acids is 1. The van der Waals surface area contributed by atoms with Gasteiger partial charge < -0.3 is 15.0 Å². The zero-order valence-electron chi connectivity index (χ0n) is 11.6. The predicted molar refractivity (Wildman–Crippen MR) is 72.4 cm³/mol. The van der Waals surface area contributed by atoms with Gasteiger partial charge in [-0.3, -0.25) is 4.79 Å². The van der Waals surface area contributed by atoms with Crippen molar-refractivity contribution in [3.05, 3.63) is 17.7 Å². The Kier molecular flexibility index (Phi) is 4.31. The molecule has 1 aliphatic heterocycles. The maximum atomic E-state index is 12.5. The maximum absolute atomic E-state index is 12.5. The van der Waals surface area contributed by atoms with E-state index >= 15 is 0 Å². The predicted octanol–water partition coefficient (Wildman–Crippen LogP) is 1.11. The molecule has 104 valence electrons. The zero-order chi connectivity index (χ0) is 13.8. The molecule has 0 aliphatic carbocycles. The first kappa shape index (κ1) is 13.7. The van der Waals surface area contributed by atoms with Crippen molar-refractivity contribution in [2.45, 2.75) is 19.8 Å². The lowest BCUT2D eigenvalue weighted by Gasteiger charge is -2.27. The second-order valence-corrected chi connectivity index (χ2v) is 4.80. The van der Waals surface area contributed by atoms with Crippen molar-refractivity contribution >= 4 is 11.6 Å². The van der Waals surface area contributed by atoms with Crippen molar-refractivity contribution in [1.29, 1.82) is 0 Å². The van der Waals surface area contributed by atoms with E-state index in [-0.39, 0.29) is 11.8 Å². The lowest BCUT2D eigenvalue weighted by atomic mass is 10.2. The Morgan fingerprint density at radius 3 is 2.68 bits per heavy atom. The topological polar surface area (TPSA) is 67.4 Å². The molecule has 0 bridgehead atoms. The van der Waals surface area contributed by atoms with E-state index in [1.165, 1.54) is 0 Å². The number of nitrogens with one attached hydrogen (secondary N) is 1.